The summed E-state index contributed by atoms with van der Waals surface area (Å²) >= 11 is 1.41. The van der Waals surface area contributed by atoms with Crippen molar-refractivity contribution >= 4 is 23.1 Å². The minimum absolute atomic E-state index is 0.0964. The molecule has 1 amide bonds. The fraction of sp³-hybridized carbons (Fsp3) is 0.353. The molecule has 0 unspecified atom stereocenters. The van der Waals surface area contributed by atoms with Crippen molar-refractivity contribution in [3.63, 3.8) is 0 Å². The largest absolute Gasteiger partial charge is 0.367 e. The minimum Gasteiger partial charge on any atom is -0.367 e. The van der Waals surface area contributed by atoms with Gasteiger partial charge in [0.2, 0.25) is 0 Å². The summed E-state index contributed by atoms with van der Waals surface area (Å²) in [6, 6.07) is 5.69. The third-order valence-electron chi connectivity index (χ3n) is 3.70. The van der Waals surface area contributed by atoms with Crippen molar-refractivity contribution in [1.82, 2.24) is 30.3 Å². The zero-order valence-corrected chi connectivity index (χ0v) is 16.0. The van der Waals surface area contributed by atoms with Crippen LogP contribution < -0.4 is 10.6 Å². The van der Waals surface area contributed by atoms with E-state index in [2.05, 4.69) is 30.9 Å². The number of hydrogen-bond donors (Lipinski definition) is 2. The van der Waals surface area contributed by atoms with Crippen molar-refractivity contribution in [3.05, 3.63) is 45.2 Å². The van der Waals surface area contributed by atoms with Crippen LogP contribution in [0.5, 0.6) is 0 Å². The molecule has 0 aliphatic rings. The highest BCUT2D eigenvalue weighted by Gasteiger charge is 2.13. The lowest BCUT2D eigenvalue weighted by Gasteiger charge is -2.07. The lowest BCUT2D eigenvalue weighted by Crippen LogP contribution is -2.28. The second-order valence-electron chi connectivity index (χ2n) is 5.95. The number of aryl methyl sites for hydroxylation is 4. The number of amides is 1. The summed E-state index contributed by atoms with van der Waals surface area (Å²) in [5.74, 6) is 1.22. The normalized spacial score (nSPS) is 10.8. The van der Waals surface area contributed by atoms with E-state index in [1.807, 2.05) is 45.9 Å². The Morgan fingerprint density at radius 1 is 1.15 bits per heavy atom. The van der Waals surface area contributed by atoms with Crippen LogP contribution in [0.25, 0.3) is 5.82 Å². The number of anilines is 1. The average molecular weight is 371 g/mol. The van der Waals surface area contributed by atoms with E-state index >= 15 is 0 Å². The predicted molar refractivity (Wildman–Crippen MR) is 101 cm³/mol. The number of carbonyl (C=O) groups excluding carboxylic acids is 1. The first-order valence-corrected chi connectivity index (χ1v) is 9.09. The van der Waals surface area contributed by atoms with Gasteiger partial charge in [0, 0.05) is 18.8 Å². The summed E-state index contributed by atoms with van der Waals surface area (Å²) < 4.78 is 1.76. The Kier molecular flexibility index (Phi) is 5.27. The van der Waals surface area contributed by atoms with E-state index in [1.165, 1.54) is 11.3 Å². The fourth-order valence-electron chi connectivity index (χ4n) is 2.58. The molecule has 0 bridgehead atoms. The lowest BCUT2D eigenvalue weighted by atomic mass is 10.3. The van der Waals surface area contributed by atoms with Gasteiger partial charge in [-0.15, -0.1) is 21.5 Å². The molecule has 136 valence electrons. The van der Waals surface area contributed by atoms with Crippen LogP contribution in [0.3, 0.4) is 0 Å². The van der Waals surface area contributed by atoms with Gasteiger partial charge in [-0.1, -0.05) is 0 Å². The van der Waals surface area contributed by atoms with E-state index in [9.17, 15) is 4.79 Å². The second kappa shape index (κ2) is 7.61. The molecule has 0 aliphatic carbocycles. The van der Waals surface area contributed by atoms with Crippen LogP contribution in [-0.2, 0) is 0 Å². The first-order chi connectivity index (χ1) is 12.4. The first kappa shape index (κ1) is 18.0. The molecule has 3 aromatic heterocycles. The summed E-state index contributed by atoms with van der Waals surface area (Å²) in [4.78, 5) is 17.0. The van der Waals surface area contributed by atoms with Crippen molar-refractivity contribution in [2.75, 3.05) is 18.4 Å². The minimum atomic E-state index is -0.0964. The molecule has 0 atom stereocenters. The van der Waals surface area contributed by atoms with Crippen molar-refractivity contribution < 1.29 is 4.79 Å². The van der Waals surface area contributed by atoms with Gasteiger partial charge in [0.1, 0.15) is 10.7 Å². The smallest absolute Gasteiger partial charge is 0.263 e. The third kappa shape index (κ3) is 4.05. The Morgan fingerprint density at radius 3 is 2.54 bits per heavy atom. The molecule has 0 radical (unpaired) electrons. The van der Waals surface area contributed by atoms with Crippen LogP contribution in [0.2, 0.25) is 0 Å². The Hall–Kier alpha value is -2.81. The van der Waals surface area contributed by atoms with Gasteiger partial charge in [0.05, 0.1) is 16.4 Å². The van der Waals surface area contributed by atoms with E-state index in [4.69, 9.17) is 0 Å². The third-order valence-corrected chi connectivity index (χ3v) is 4.78. The zero-order chi connectivity index (χ0) is 18.7. The topological polar surface area (TPSA) is 97.6 Å². The molecule has 0 aromatic carbocycles. The molecule has 2 N–H and O–H groups in total. The lowest BCUT2D eigenvalue weighted by molar-refractivity contribution is 0.0958. The first-order valence-electron chi connectivity index (χ1n) is 8.27. The molecule has 3 heterocycles. The summed E-state index contributed by atoms with van der Waals surface area (Å²) in [5.41, 5.74) is 2.71. The van der Waals surface area contributed by atoms with E-state index < -0.39 is 0 Å². The van der Waals surface area contributed by atoms with E-state index in [-0.39, 0.29) is 5.91 Å². The Morgan fingerprint density at radius 2 is 1.96 bits per heavy atom. The summed E-state index contributed by atoms with van der Waals surface area (Å²) in [6.45, 7) is 8.69. The van der Waals surface area contributed by atoms with Crippen LogP contribution in [0, 0.1) is 27.7 Å². The van der Waals surface area contributed by atoms with E-state index in [1.54, 1.807) is 4.68 Å². The molecule has 8 nitrogen and oxygen atoms in total. The summed E-state index contributed by atoms with van der Waals surface area (Å²) in [7, 11) is 0. The molecule has 26 heavy (non-hydrogen) atoms. The Labute approximate surface area is 155 Å². The summed E-state index contributed by atoms with van der Waals surface area (Å²) in [5, 5.41) is 19.6. The molecule has 0 saturated carbocycles. The van der Waals surface area contributed by atoms with Gasteiger partial charge in [0.15, 0.2) is 5.82 Å². The van der Waals surface area contributed by atoms with Crippen molar-refractivity contribution in [2.24, 2.45) is 0 Å². The van der Waals surface area contributed by atoms with Gasteiger partial charge in [-0.25, -0.2) is 9.67 Å². The number of nitrogens with zero attached hydrogens (tertiary/aromatic N) is 5. The maximum atomic E-state index is 12.1. The highest BCUT2D eigenvalue weighted by atomic mass is 32.1. The van der Waals surface area contributed by atoms with Crippen LogP contribution in [0.4, 0.5) is 5.82 Å². The molecule has 0 spiro atoms. The van der Waals surface area contributed by atoms with E-state index in [0.29, 0.717) is 29.6 Å². The van der Waals surface area contributed by atoms with Crippen molar-refractivity contribution in [3.8, 4) is 5.82 Å². The van der Waals surface area contributed by atoms with Crippen molar-refractivity contribution in [1.29, 1.82) is 0 Å². The predicted octanol–water partition coefficient (Wildman–Crippen LogP) is 2.19. The van der Waals surface area contributed by atoms with Gasteiger partial charge in [-0.3, -0.25) is 4.79 Å². The molecule has 0 fully saturated rings. The van der Waals surface area contributed by atoms with Gasteiger partial charge in [0.25, 0.3) is 5.91 Å². The average Bonchev–Trinajstić information content (AvgIpc) is 3.12. The molecule has 3 rings (SSSR count). The zero-order valence-electron chi connectivity index (χ0n) is 15.2. The SMILES string of the molecule is Cc1cc(C)n(-c2ccc(NCCNC(=O)c3sc(C)nc3C)nn2)n1. The Bertz CT molecular complexity index is 914. The van der Waals surface area contributed by atoms with Gasteiger partial charge >= 0.3 is 0 Å². The number of rotatable bonds is 6. The molecule has 0 aliphatic heterocycles. The number of thiazole rings is 1. The number of nitrogens with one attached hydrogen (secondary N) is 2. The van der Waals surface area contributed by atoms with Crippen LogP contribution in [-0.4, -0.2) is 44.0 Å². The Balaban J connectivity index is 1.50. The molecule has 9 heteroatoms. The van der Waals surface area contributed by atoms with E-state index in [0.717, 1.165) is 22.1 Å². The highest BCUT2D eigenvalue weighted by Crippen LogP contribution is 2.16. The molecular weight excluding hydrogens is 350 g/mol. The fourth-order valence-corrected chi connectivity index (χ4v) is 3.42. The monoisotopic (exact) mass is 371 g/mol. The van der Waals surface area contributed by atoms with Gasteiger partial charge < -0.3 is 10.6 Å². The second-order valence-corrected chi connectivity index (χ2v) is 7.15. The standard InChI is InChI=1S/C17H21N7OS/c1-10-9-11(2)24(23-10)15-6-5-14(21-22-15)18-7-8-19-17(25)16-12(3)20-13(4)26-16/h5-6,9H,7-8H2,1-4H3,(H,18,21)(H,19,25). The quantitative estimate of drug-likeness (QED) is 0.645. The molecular formula is C17H21N7OS. The number of hydrogen-bond acceptors (Lipinski definition) is 7. The number of carbonyl (C=O) groups is 1. The van der Waals surface area contributed by atoms with Crippen LogP contribution in [0.15, 0.2) is 18.2 Å². The maximum Gasteiger partial charge on any atom is 0.263 e. The van der Waals surface area contributed by atoms with Crippen LogP contribution in [0.1, 0.15) is 31.8 Å². The van der Waals surface area contributed by atoms with Crippen molar-refractivity contribution in [2.45, 2.75) is 27.7 Å². The van der Waals surface area contributed by atoms with Gasteiger partial charge in [-0.05, 0) is 45.9 Å². The van der Waals surface area contributed by atoms with Gasteiger partial charge in [-0.2, -0.15) is 5.10 Å². The van der Waals surface area contributed by atoms with Crippen LogP contribution >= 0.6 is 11.3 Å². The maximum absolute atomic E-state index is 12.1. The number of aromatic nitrogens is 5. The molecule has 0 saturated heterocycles. The molecule has 3 aromatic rings. The summed E-state index contributed by atoms with van der Waals surface area (Å²) in [6.07, 6.45) is 0. The highest BCUT2D eigenvalue weighted by molar-refractivity contribution is 7.13.